The minimum atomic E-state index is 0.388. The van der Waals surface area contributed by atoms with Crippen molar-refractivity contribution in [3.8, 4) is 0 Å². The normalized spacial score (nSPS) is 22.5. The van der Waals surface area contributed by atoms with Gasteiger partial charge in [-0.3, -0.25) is 4.90 Å². The van der Waals surface area contributed by atoms with Crippen LogP contribution < -0.4 is 5.73 Å². The highest BCUT2D eigenvalue weighted by molar-refractivity contribution is 5.33. The summed E-state index contributed by atoms with van der Waals surface area (Å²) >= 11 is 0. The van der Waals surface area contributed by atoms with Gasteiger partial charge in [-0.05, 0) is 50.8 Å². The van der Waals surface area contributed by atoms with Crippen molar-refractivity contribution in [2.24, 2.45) is 5.73 Å². The van der Waals surface area contributed by atoms with Crippen LogP contribution in [0.15, 0.2) is 18.2 Å². The molecule has 1 aromatic carbocycles. The van der Waals surface area contributed by atoms with Crippen LogP contribution in [0, 0.1) is 13.8 Å². The van der Waals surface area contributed by atoms with Crippen molar-refractivity contribution in [1.82, 2.24) is 4.90 Å². The predicted octanol–water partition coefficient (Wildman–Crippen LogP) is 3.96. The summed E-state index contributed by atoms with van der Waals surface area (Å²) in [6.07, 6.45) is 6.63. The molecule has 0 radical (unpaired) electrons. The highest BCUT2D eigenvalue weighted by Crippen LogP contribution is 2.30. The van der Waals surface area contributed by atoms with Gasteiger partial charge in [-0.25, -0.2) is 0 Å². The molecule has 2 nitrogen and oxygen atoms in total. The van der Waals surface area contributed by atoms with E-state index in [-0.39, 0.29) is 0 Å². The van der Waals surface area contributed by atoms with Crippen LogP contribution in [0.5, 0.6) is 0 Å². The molecule has 0 spiro atoms. The molecule has 1 heterocycles. The molecule has 0 saturated carbocycles. The number of nitrogens with two attached hydrogens (primary N) is 1. The van der Waals surface area contributed by atoms with Crippen molar-refractivity contribution < 1.29 is 0 Å². The molecule has 112 valence electrons. The zero-order chi connectivity index (χ0) is 14.5. The molecule has 2 rings (SSSR count). The molecule has 1 fully saturated rings. The largest absolute Gasteiger partial charge is 0.329 e. The molecule has 0 aliphatic carbocycles. The van der Waals surface area contributed by atoms with Gasteiger partial charge in [0, 0.05) is 18.6 Å². The number of aryl methyl sites for hydroxylation is 2. The summed E-state index contributed by atoms with van der Waals surface area (Å²) in [6, 6.07) is 7.89. The molecule has 1 aliphatic rings. The van der Waals surface area contributed by atoms with E-state index in [4.69, 9.17) is 5.73 Å². The minimum Gasteiger partial charge on any atom is -0.329 e. The van der Waals surface area contributed by atoms with Crippen molar-refractivity contribution >= 4 is 0 Å². The first kappa shape index (κ1) is 15.5. The van der Waals surface area contributed by atoms with Gasteiger partial charge in [-0.15, -0.1) is 0 Å². The number of rotatable bonds is 4. The molecular weight excluding hydrogens is 244 g/mol. The van der Waals surface area contributed by atoms with E-state index < -0.39 is 0 Å². The fourth-order valence-corrected chi connectivity index (χ4v) is 3.69. The molecule has 0 bridgehead atoms. The number of hydrogen-bond donors (Lipinski definition) is 1. The lowest BCUT2D eigenvalue weighted by atomic mass is 9.96. The van der Waals surface area contributed by atoms with Gasteiger partial charge in [0.2, 0.25) is 0 Å². The van der Waals surface area contributed by atoms with Crippen molar-refractivity contribution in [1.29, 1.82) is 0 Å². The van der Waals surface area contributed by atoms with Gasteiger partial charge in [0.05, 0.1) is 0 Å². The number of likely N-dealkylation sites (tertiary alicyclic amines) is 1. The van der Waals surface area contributed by atoms with Crippen molar-refractivity contribution in [2.75, 3.05) is 13.1 Å². The second-order valence-electron chi connectivity index (χ2n) is 6.26. The number of nitrogens with zero attached hydrogens (tertiary/aromatic N) is 1. The molecule has 2 heteroatoms. The van der Waals surface area contributed by atoms with Crippen LogP contribution in [-0.4, -0.2) is 24.0 Å². The maximum atomic E-state index is 6.17. The van der Waals surface area contributed by atoms with E-state index in [2.05, 4.69) is 43.9 Å². The van der Waals surface area contributed by atoms with E-state index in [1.165, 1.54) is 55.3 Å². The zero-order valence-corrected chi connectivity index (χ0v) is 13.4. The van der Waals surface area contributed by atoms with Crippen LogP contribution >= 0.6 is 0 Å². The first-order valence-corrected chi connectivity index (χ1v) is 8.20. The summed E-state index contributed by atoms with van der Waals surface area (Å²) in [4.78, 5) is 2.69. The highest BCUT2D eigenvalue weighted by atomic mass is 15.2. The maximum Gasteiger partial charge on any atom is 0.0476 e. The second-order valence-corrected chi connectivity index (χ2v) is 6.26. The molecule has 20 heavy (non-hydrogen) atoms. The summed E-state index contributed by atoms with van der Waals surface area (Å²) in [6.45, 7) is 8.63. The molecule has 2 atom stereocenters. The van der Waals surface area contributed by atoms with Crippen LogP contribution in [-0.2, 0) is 0 Å². The van der Waals surface area contributed by atoms with Crippen LogP contribution in [0.4, 0.5) is 0 Å². The number of benzene rings is 1. The second kappa shape index (κ2) is 7.24. The van der Waals surface area contributed by atoms with E-state index in [1.54, 1.807) is 0 Å². The Hall–Kier alpha value is -0.860. The Kier molecular flexibility index (Phi) is 5.62. The lowest BCUT2D eigenvalue weighted by Crippen LogP contribution is -2.41. The average Bonchev–Trinajstić information content (AvgIpc) is 2.67. The Morgan fingerprint density at radius 1 is 1.25 bits per heavy atom. The van der Waals surface area contributed by atoms with E-state index in [0.717, 1.165) is 6.54 Å². The molecule has 1 aliphatic heterocycles. The first-order chi connectivity index (χ1) is 9.67. The summed E-state index contributed by atoms with van der Waals surface area (Å²) in [5.74, 6) is 0. The Morgan fingerprint density at radius 3 is 2.70 bits per heavy atom. The molecular formula is C18H30N2. The first-order valence-electron chi connectivity index (χ1n) is 8.20. The third-order valence-electron chi connectivity index (χ3n) is 4.80. The topological polar surface area (TPSA) is 29.3 Å². The van der Waals surface area contributed by atoms with Crippen molar-refractivity contribution in [3.63, 3.8) is 0 Å². The van der Waals surface area contributed by atoms with Gasteiger partial charge in [0.25, 0.3) is 0 Å². The van der Waals surface area contributed by atoms with E-state index in [1.807, 2.05) is 0 Å². The Bertz CT molecular complexity index is 427. The monoisotopic (exact) mass is 274 g/mol. The Balaban J connectivity index is 2.29. The summed E-state index contributed by atoms with van der Waals surface area (Å²) in [5.41, 5.74) is 10.3. The molecule has 1 saturated heterocycles. The van der Waals surface area contributed by atoms with Crippen molar-refractivity contribution in [2.45, 2.75) is 65.0 Å². The third-order valence-corrected chi connectivity index (χ3v) is 4.80. The zero-order valence-electron chi connectivity index (χ0n) is 13.4. The van der Waals surface area contributed by atoms with Crippen LogP contribution in [0.3, 0.4) is 0 Å². The van der Waals surface area contributed by atoms with Crippen molar-refractivity contribution in [3.05, 3.63) is 34.9 Å². The predicted molar refractivity (Wildman–Crippen MR) is 87.0 cm³/mol. The van der Waals surface area contributed by atoms with Gasteiger partial charge in [0.1, 0.15) is 0 Å². The smallest absolute Gasteiger partial charge is 0.0476 e. The minimum absolute atomic E-state index is 0.388. The van der Waals surface area contributed by atoms with Gasteiger partial charge in [-0.2, -0.15) is 0 Å². The van der Waals surface area contributed by atoms with Gasteiger partial charge >= 0.3 is 0 Å². The van der Waals surface area contributed by atoms with E-state index in [9.17, 15) is 0 Å². The highest BCUT2D eigenvalue weighted by Gasteiger charge is 2.27. The average molecular weight is 274 g/mol. The van der Waals surface area contributed by atoms with Gasteiger partial charge < -0.3 is 5.73 Å². The summed E-state index contributed by atoms with van der Waals surface area (Å²) in [5, 5.41) is 0. The van der Waals surface area contributed by atoms with Crippen LogP contribution in [0.2, 0.25) is 0 Å². The van der Waals surface area contributed by atoms with Gasteiger partial charge in [-0.1, -0.05) is 43.5 Å². The van der Waals surface area contributed by atoms with Crippen LogP contribution in [0.1, 0.15) is 61.8 Å². The lowest BCUT2D eigenvalue weighted by Gasteiger charge is -2.37. The van der Waals surface area contributed by atoms with Gasteiger partial charge in [0.15, 0.2) is 0 Å². The third kappa shape index (κ3) is 3.42. The van der Waals surface area contributed by atoms with E-state index in [0.29, 0.717) is 12.1 Å². The quantitative estimate of drug-likeness (QED) is 0.900. The summed E-state index contributed by atoms with van der Waals surface area (Å²) < 4.78 is 0. The standard InChI is InChI=1S/C18H30N2/c1-4-16-8-6-5-7-11-20(16)18(13-19)17-10-9-14(2)12-15(17)3/h9-10,12,16,18H,4-8,11,13,19H2,1-3H3. The molecule has 2 N–H and O–H groups in total. The molecule has 2 unspecified atom stereocenters. The molecule has 0 amide bonds. The fourth-order valence-electron chi connectivity index (χ4n) is 3.69. The maximum absolute atomic E-state index is 6.17. The molecule has 0 aromatic heterocycles. The molecule has 1 aromatic rings. The number of hydrogen-bond acceptors (Lipinski definition) is 2. The lowest BCUT2D eigenvalue weighted by molar-refractivity contribution is 0.135. The SMILES string of the molecule is CCC1CCCCCN1C(CN)c1ccc(C)cc1C. The Morgan fingerprint density at radius 2 is 2.05 bits per heavy atom. The van der Waals surface area contributed by atoms with Crippen LogP contribution in [0.25, 0.3) is 0 Å². The summed E-state index contributed by atoms with van der Waals surface area (Å²) in [7, 11) is 0. The van der Waals surface area contributed by atoms with E-state index >= 15 is 0 Å². The Labute approximate surface area is 124 Å². The fraction of sp³-hybridized carbons (Fsp3) is 0.667.